The molecule has 1 amide bonds. The van der Waals surface area contributed by atoms with Crippen LogP contribution in [0.1, 0.15) is 48.7 Å². The monoisotopic (exact) mass is 416 g/mol. The summed E-state index contributed by atoms with van der Waals surface area (Å²) < 4.78 is 6.04. The minimum Gasteiger partial charge on any atom is -0.406 e. The lowest BCUT2D eigenvalue weighted by Gasteiger charge is -2.17. The van der Waals surface area contributed by atoms with E-state index in [9.17, 15) is 4.79 Å². The fraction of sp³-hybridized carbons (Fsp3) is 0.320. The summed E-state index contributed by atoms with van der Waals surface area (Å²) in [6.07, 6.45) is 8.65. The van der Waals surface area contributed by atoms with Crippen molar-refractivity contribution in [2.75, 3.05) is 18.0 Å². The molecule has 1 aliphatic rings. The minimum absolute atomic E-state index is 0.195. The maximum Gasteiger partial charge on any atom is 0.318 e. The molecule has 4 rings (SSSR count). The molecule has 1 fully saturated rings. The fourth-order valence-corrected chi connectivity index (χ4v) is 3.76. The zero-order chi connectivity index (χ0) is 21.3. The molecule has 2 aromatic carbocycles. The Bertz CT molecular complexity index is 977. The van der Waals surface area contributed by atoms with Crippen LogP contribution in [-0.2, 0) is 11.2 Å². The summed E-state index contributed by atoms with van der Waals surface area (Å²) in [6, 6.07) is 19.9. The van der Waals surface area contributed by atoms with Crippen molar-refractivity contribution in [2.45, 2.75) is 38.1 Å². The van der Waals surface area contributed by atoms with Crippen LogP contribution >= 0.6 is 0 Å². The summed E-state index contributed by atoms with van der Waals surface area (Å²) in [5, 5.41) is 11.6. The van der Waals surface area contributed by atoms with Crippen LogP contribution in [0.4, 0.5) is 6.01 Å². The van der Waals surface area contributed by atoms with E-state index in [1.807, 2.05) is 60.7 Å². The van der Waals surface area contributed by atoms with Crippen LogP contribution in [0.15, 0.2) is 71.2 Å². The highest BCUT2D eigenvalue weighted by atomic mass is 16.4. The van der Waals surface area contributed by atoms with Gasteiger partial charge in [0.05, 0.1) is 0 Å². The third-order valence-electron chi connectivity index (χ3n) is 5.43. The highest BCUT2D eigenvalue weighted by Crippen LogP contribution is 2.23. The molecular formula is C25H28N4O2. The second-order valence-corrected chi connectivity index (χ2v) is 7.82. The van der Waals surface area contributed by atoms with Crippen molar-refractivity contribution in [1.82, 2.24) is 15.5 Å². The van der Waals surface area contributed by atoms with Gasteiger partial charge in [0.2, 0.25) is 11.8 Å². The maximum absolute atomic E-state index is 12.6. The normalized spacial score (nSPS) is 15.5. The molecule has 0 bridgehead atoms. The Morgan fingerprint density at radius 2 is 1.65 bits per heavy atom. The number of nitrogens with one attached hydrogen (secondary N) is 1. The van der Waals surface area contributed by atoms with Crippen LogP contribution in [0, 0.1) is 0 Å². The quantitative estimate of drug-likeness (QED) is 0.572. The molecule has 31 heavy (non-hydrogen) atoms. The number of aromatic nitrogens is 2. The topological polar surface area (TPSA) is 71.3 Å². The van der Waals surface area contributed by atoms with Gasteiger partial charge in [-0.2, -0.15) is 0 Å². The molecule has 0 radical (unpaired) electrons. The van der Waals surface area contributed by atoms with Gasteiger partial charge in [-0.1, -0.05) is 78.6 Å². The van der Waals surface area contributed by atoms with Crippen LogP contribution < -0.4 is 10.2 Å². The van der Waals surface area contributed by atoms with Crippen molar-refractivity contribution in [3.63, 3.8) is 0 Å². The zero-order valence-electron chi connectivity index (χ0n) is 17.6. The molecule has 2 heterocycles. The molecule has 3 aromatic rings. The Kier molecular flexibility index (Phi) is 7.11. The molecule has 1 N–H and O–H groups in total. The Morgan fingerprint density at radius 3 is 2.35 bits per heavy atom. The first-order valence-electron chi connectivity index (χ1n) is 10.9. The molecule has 1 atom stereocenters. The van der Waals surface area contributed by atoms with E-state index in [0.717, 1.165) is 37.1 Å². The van der Waals surface area contributed by atoms with Gasteiger partial charge in [-0.25, -0.2) is 0 Å². The van der Waals surface area contributed by atoms with Gasteiger partial charge in [-0.05, 0) is 30.0 Å². The van der Waals surface area contributed by atoms with Gasteiger partial charge in [0.25, 0.3) is 0 Å². The zero-order valence-corrected chi connectivity index (χ0v) is 17.6. The van der Waals surface area contributed by atoms with Crippen LogP contribution in [0.2, 0.25) is 0 Å². The predicted octanol–water partition coefficient (Wildman–Crippen LogP) is 4.56. The number of carbonyl (C=O) groups excluding carboxylic acids is 1. The largest absolute Gasteiger partial charge is 0.406 e. The molecule has 160 valence electrons. The Balaban J connectivity index is 1.50. The highest BCUT2D eigenvalue weighted by Gasteiger charge is 2.23. The molecule has 1 unspecified atom stereocenters. The van der Waals surface area contributed by atoms with E-state index in [4.69, 9.17) is 4.42 Å². The third kappa shape index (κ3) is 6.04. The number of anilines is 1. The van der Waals surface area contributed by atoms with E-state index in [0.29, 0.717) is 18.3 Å². The van der Waals surface area contributed by atoms with Crippen molar-refractivity contribution in [2.24, 2.45) is 0 Å². The number of hydrogen-bond acceptors (Lipinski definition) is 5. The third-order valence-corrected chi connectivity index (χ3v) is 5.43. The summed E-state index contributed by atoms with van der Waals surface area (Å²) >= 11 is 0. The molecule has 1 aromatic heterocycles. The fourth-order valence-electron chi connectivity index (χ4n) is 3.76. The lowest BCUT2D eigenvalue weighted by Crippen LogP contribution is -2.28. The van der Waals surface area contributed by atoms with E-state index in [1.54, 1.807) is 12.2 Å². The number of carbonyl (C=O) groups is 1. The molecule has 1 saturated heterocycles. The molecule has 0 saturated carbocycles. The summed E-state index contributed by atoms with van der Waals surface area (Å²) in [4.78, 5) is 14.8. The summed E-state index contributed by atoms with van der Waals surface area (Å²) in [5.41, 5.74) is 2.06. The van der Waals surface area contributed by atoms with Crippen LogP contribution in [0.3, 0.4) is 0 Å². The number of amides is 1. The first-order chi connectivity index (χ1) is 15.3. The standard InChI is InChI=1S/C25H28N4O2/c30-23(16-15-20-11-5-3-6-12-20)26-22(19-21-13-7-4-8-14-21)24-27-28-25(31-24)29-17-9-1-2-10-18-29/h3-8,11-16,22H,1-2,9-10,17-19H2,(H,26,30)/b16-15+. The second kappa shape index (κ2) is 10.6. The summed E-state index contributed by atoms with van der Waals surface area (Å²) in [5.74, 6) is 0.240. The van der Waals surface area contributed by atoms with Gasteiger partial charge in [-0.3, -0.25) is 4.79 Å². The number of rotatable bonds is 7. The minimum atomic E-state index is -0.399. The van der Waals surface area contributed by atoms with Crippen LogP contribution in [-0.4, -0.2) is 29.2 Å². The van der Waals surface area contributed by atoms with E-state index >= 15 is 0 Å². The summed E-state index contributed by atoms with van der Waals surface area (Å²) in [6.45, 7) is 1.86. The van der Waals surface area contributed by atoms with Gasteiger partial charge in [0.15, 0.2) is 0 Å². The molecule has 6 nitrogen and oxygen atoms in total. The average Bonchev–Trinajstić information content (AvgIpc) is 3.14. The Labute approximate surface area is 183 Å². The van der Waals surface area contributed by atoms with E-state index in [-0.39, 0.29) is 5.91 Å². The summed E-state index contributed by atoms with van der Waals surface area (Å²) in [7, 11) is 0. The first-order valence-corrected chi connectivity index (χ1v) is 10.9. The predicted molar refractivity (Wildman–Crippen MR) is 121 cm³/mol. The molecule has 0 spiro atoms. The van der Waals surface area contributed by atoms with Gasteiger partial charge >= 0.3 is 6.01 Å². The maximum atomic E-state index is 12.6. The van der Waals surface area contributed by atoms with E-state index in [1.165, 1.54) is 12.8 Å². The van der Waals surface area contributed by atoms with Gasteiger partial charge in [0, 0.05) is 25.6 Å². The van der Waals surface area contributed by atoms with Crippen LogP contribution in [0.25, 0.3) is 6.08 Å². The highest BCUT2D eigenvalue weighted by molar-refractivity contribution is 5.91. The van der Waals surface area contributed by atoms with E-state index in [2.05, 4.69) is 20.4 Å². The Hall–Kier alpha value is -3.41. The molecular weight excluding hydrogens is 388 g/mol. The number of nitrogens with zero attached hydrogens (tertiary/aromatic N) is 3. The lowest BCUT2D eigenvalue weighted by atomic mass is 10.1. The van der Waals surface area contributed by atoms with Crippen molar-refractivity contribution in [3.05, 3.63) is 83.8 Å². The van der Waals surface area contributed by atoms with Crippen LogP contribution in [0.5, 0.6) is 0 Å². The molecule has 6 heteroatoms. The van der Waals surface area contributed by atoms with E-state index < -0.39 is 6.04 Å². The molecule has 0 aliphatic carbocycles. The lowest BCUT2D eigenvalue weighted by molar-refractivity contribution is -0.117. The van der Waals surface area contributed by atoms with Crippen molar-refractivity contribution in [1.29, 1.82) is 0 Å². The van der Waals surface area contributed by atoms with Gasteiger partial charge < -0.3 is 14.6 Å². The number of hydrogen-bond donors (Lipinski definition) is 1. The Morgan fingerprint density at radius 1 is 0.968 bits per heavy atom. The van der Waals surface area contributed by atoms with Crippen molar-refractivity contribution < 1.29 is 9.21 Å². The number of benzene rings is 2. The SMILES string of the molecule is O=C(/C=C/c1ccccc1)NC(Cc1ccccc1)c1nnc(N2CCCCCC2)o1. The molecule has 1 aliphatic heterocycles. The van der Waals surface area contributed by atoms with Gasteiger partial charge in [-0.15, -0.1) is 5.10 Å². The van der Waals surface area contributed by atoms with Gasteiger partial charge in [0.1, 0.15) is 6.04 Å². The second-order valence-electron chi connectivity index (χ2n) is 7.82. The first kappa shape index (κ1) is 20.8. The smallest absolute Gasteiger partial charge is 0.318 e. The van der Waals surface area contributed by atoms with Crippen molar-refractivity contribution in [3.8, 4) is 0 Å². The average molecular weight is 417 g/mol. The van der Waals surface area contributed by atoms with Crippen molar-refractivity contribution >= 4 is 18.0 Å².